The number of rotatable bonds is 6. The molecule has 7 nitrogen and oxygen atoms in total. The zero-order valence-corrected chi connectivity index (χ0v) is 19.1. The number of ether oxygens (including phenoxy) is 1. The molecule has 3 amide bonds. The highest BCUT2D eigenvalue weighted by Crippen LogP contribution is 2.33. The lowest BCUT2D eigenvalue weighted by molar-refractivity contribution is -0.140. The lowest BCUT2D eigenvalue weighted by atomic mass is 10.1. The summed E-state index contributed by atoms with van der Waals surface area (Å²) in [5.41, 5.74) is 0.119. The third kappa shape index (κ3) is 6.49. The Kier molecular flexibility index (Phi) is 7.09. The molecule has 4 rings (SSSR count). The van der Waals surface area contributed by atoms with E-state index in [2.05, 4.69) is 20.9 Å². The fourth-order valence-electron chi connectivity index (χ4n) is 3.32. The van der Waals surface area contributed by atoms with Crippen molar-refractivity contribution in [2.45, 2.75) is 32.4 Å². The van der Waals surface area contributed by atoms with Gasteiger partial charge < -0.3 is 20.7 Å². The molecule has 0 aromatic heterocycles. The SMILES string of the molecule is CC1=C(NC(=O)C2CC2)C=C(Oc2cccc(NC(=O)Nc3ccc(F)c(C(F)(F)F)c3)c2)N=CC1. The van der Waals surface area contributed by atoms with Gasteiger partial charge in [-0.1, -0.05) is 6.07 Å². The molecular weight excluding hydrogens is 480 g/mol. The third-order valence-electron chi connectivity index (χ3n) is 5.39. The van der Waals surface area contributed by atoms with Gasteiger partial charge in [0.15, 0.2) is 0 Å². The van der Waals surface area contributed by atoms with Gasteiger partial charge in [0, 0.05) is 47.8 Å². The topological polar surface area (TPSA) is 91.8 Å². The minimum absolute atomic E-state index is 0.0381. The number of benzene rings is 2. The van der Waals surface area contributed by atoms with E-state index >= 15 is 0 Å². The second-order valence-electron chi connectivity index (χ2n) is 8.36. The van der Waals surface area contributed by atoms with Crippen molar-refractivity contribution in [3.8, 4) is 5.75 Å². The Morgan fingerprint density at radius 1 is 1.03 bits per heavy atom. The van der Waals surface area contributed by atoms with Crippen molar-refractivity contribution in [3.05, 3.63) is 77.1 Å². The van der Waals surface area contributed by atoms with Gasteiger partial charge in [-0.2, -0.15) is 13.2 Å². The van der Waals surface area contributed by atoms with E-state index in [1.54, 1.807) is 30.5 Å². The number of hydrogen-bond donors (Lipinski definition) is 3. The number of hydrogen-bond acceptors (Lipinski definition) is 4. The molecule has 1 fully saturated rings. The van der Waals surface area contributed by atoms with E-state index in [4.69, 9.17) is 4.74 Å². The van der Waals surface area contributed by atoms with Crippen molar-refractivity contribution in [2.75, 3.05) is 10.6 Å². The van der Waals surface area contributed by atoms with Crippen molar-refractivity contribution in [1.82, 2.24) is 5.32 Å². The van der Waals surface area contributed by atoms with E-state index in [-0.39, 0.29) is 29.1 Å². The van der Waals surface area contributed by atoms with Crippen LogP contribution in [0.5, 0.6) is 5.75 Å². The zero-order chi connectivity index (χ0) is 25.9. The summed E-state index contributed by atoms with van der Waals surface area (Å²) in [6, 6.07) is 7.60. The molecule has 3 N–H and O–H groups in total. The summed E-state index contributed by atoms with van der Waals surface area (Å²) in [5, 5.41) is 7.64. The highest BCUT2D eigenvalue weighted by atomic mass is 19.4. The summed E-state index contributed by atoms with van der Waals surface area (Å²) in [7, 11) is 0. The van der Waals surface area contributed by atoms with Gasteiger partial charge in [-0.05, 0) is 55.7 Å². The van der Waals surface area contributed by atoms with Crippen molar-refractivity contribution >= 4 is 29.5 Å². The average Bonchev–Trinajstić information content (AvgIpc) is 3.65. The largest absolute Gasteiger partial charge is 0.439 e. The maximum atomic E-state index is 13.5. The van der Waals surface area contributed by atoms with E-state index < -0.39 is 23.6 Å². The maximum Gasteiger partial charge on any atom is 0.419 e. The predicted molar refractivity (Wildman–Crippen MR) is 126 cm³/mol. The number of nitrogens with one attached hydrogen (secondary N) is 3. The van der Waals surface area contributed by atoms with Crippen LogP contribution in [0.15, 0.2) is 70.7 Å². The molecule has 1 saturated carbocycles. The number of aliphatic imine (C=N–C) groups is 1. The molecule has 2 aromatic rings. The number of urea groups is 1. The fraction of sp³-hybridized carbons (Fsp3) is 0.240. The number of alkyl halides is 3. The number of amides is 3. The normalized spacial score (nSPS) is 15.6. The van der Waals surface area contributed by atoms with Gasteiger partial charge in [0.2, 0.25) is 11.8 Å². The van der Waals surface area contributed by atoms with E-state index in [9.17, 15) is 27.2 Å². The average molecular weight is 502 g/mol. The molecule has 2 aromatic carbocycles. The second kappa shape index (κ2) is 10.2. The van der Waals surface area contributed by atoms with Gasteiger partial charge in [0.25, 0.3) is 0 Å². The molecule has 0 atom stereocenters. The van der Waals surface area contributed by atoms with Crippen LogP contribution >= 0.6 is 0 Å². The van der Waals surface area contributed by atoms with Gasteiger partial charge in [-0.3, -0.25) is 4.79 Å². The number of carbonyl (C=O) groups excluding carboxylic acids is 2. The fourth-order valence-corrected chi connectivity index (χ4v) is 3.32. The van der Waals surface area contributed by atoms with Crippen LogP contribution in [0.4, 0.5) is 33.7 Å². The van der Waals surface area contributed by atoms with E-state index in [0.29, 0.717) is 30.0 Å². The second-order valence-corrected chi connectivity index (χ2v) is 8.36. The van der Waals surface area contributed by atoms with Crippen LogP contribution in [-0.2, 0) is 11.0 Å². The molecule has 0 saturated heterocycles. The Morgan fingerprint density at radius 3 is 2.44 bits per heavy atom. The molecule has 36 heavy (non-hydrogen) atoms. The smallest absolute Gasteiger partial charge is 0.419 e. The van der Waals surface area contributed by atoms with Crippen LogP contribution in [0, 0.1) is 11.7 Å². The number of anilines is 2. The Balaban J connectivity index is 1.42. The Morgan fingerprint density at radius 2 is 1.75 bits per heavy atom. The van der Waals surface area contributed by atoms with Crippen LogP contribution < -0.4 is 20.7 Å². The summed E-state index contributed by atoms with van der Waals surface area (Å²) in [5.74, 6) is -0.886. The van der Waals surface area contributed by atoms with Gasteiger partial charge in [-0.25, -0.2) is 14.2 Å². The monoisotopic (exact) mass is 502 g/mol. The summed E-state index contributed by atoms with van der Waals surface area (Å²) < 4.78 is 58.0. The lowest BCUT2D eigenvalue weighted by Gasteiger charge is -2.12. The third-order valence-corrected chi connectivity index (χ3v) is 5.39. The van der Waals surface area contributed by atoms with Crippen molar-refractivity contribution in [2.24, 2.45) is 10.9 Å². The van der Waals surface area contributed by atoms with Crippen LogP contribution in [0.2, 0.25) is 0 Å². The minimum Gasteiger partial charge on any atom is -0.439 e. The Labute approximate surface area is 203 Å². The number of allylic oxidation sites excluding steroid dienone is 2. The van der Waals surface area contributed by atoms with Crippen LogP contribution in [0.25, 0.3) is 0 Å². The summed E-state index contributed by atoms with van der Waals surface area (Å²) in [6.45, 7) is 1.88. The van der Waals surface area contributed by atoms with E-state index in [1.807, 2.05) is 6.92 Å². The molecular formula is C25H22F4N4O3. The molecule has 0 unspecified atom stereocenters. The van der Waals surface area contributed by atoms with Crippen LogP contribution in [0.3, 0.4) is 0 Å². The number of carbonyl (C=O) groups is 2. The Hall–Kier alpha value is -4.15. The predicted octanol–water partition coefficient (Wildman–Crippen LogP) is 5.98. The summed E-state index contributed by atoms with van der Waals surface area (Å²) in [4.78, 5) is 28.7. The highest BCUT2D eigenvalue weighted by molar-refractivity contribution is 5.99. The van der Waals surface area contributed by atoms with E-state index in [1.165, 1.54) is 6.07 Å². The van der Waals surface area contributed by atoms with Gasteiger partial charge in [-0.15, -0.1) is 0 Å². The first-order chi connectivity index (χ1) is 17.1. The standard InChI is InChI=1S/C25H22F4N4O3/c1-14-9-10-30-22(13-21(14)33-23(34)15-5-6-15)36-18-4-2-3-16(11-18)31-24(35)32-17-7-8-20(26)19(12-17)25(27,28)29/h2-4,7-8,10-13,15H,5-6,9H2,1H3,(H,33,34)(H2,31,32,35). The molecule has 0 bridgehead atoms. The van der Waals surface area contributed by atoms with Gasteiger partial charge >= 0.3 is 12.2 Å². The van der Waals surface area contributed by atoms with Crippen LogP contribution in [0.1, 0.15) is 31.7 Å². The van der Waals surface area contributed by atoms with Crippen molar-refractivity contribution in [3.63, 3.8) is 0 Å². The summed E-state index contributed by atoms with van der Waals surface area (Å²) in [6.07, 6.45) is 0.668. The molecule has 1 heterocycles. The Bertz CT molecular complexity index is 1280. The van der Waals surface area contributed by atoms with Gasteiger partial charge in [0.1, 0.15) is 11.6 Å². The van der Waals surface area contributed by atoms with Crippen molar-refractivity contribution < 1.29 is 31.9 Å². The molecule has 2 aliphatic rings. The first-order valence-electron chi connectivity index (χ1n) is 11.1. The maximum absolute atomic E-state index is 13.5. The quantitative estimate of drug-likeness (QED) is 0.424. The van der Waals surface area contributed by atoms with E-state index in [0.717, 1.165) is 24.5 Å². The molecule has 0 spiro atoms. The zero-order valence-electron chi connectivity index (χ0n) is 19.1. The molecule has 1 aliphatic carbocycles. The molecule has 188 valence electrons. The molecule has 0 radical (unpaired) electrons. The lowest BCUT2D eigenvalue weighted by Crippen LogP contribution is -2.24. The molecule has 1 aliphatic heterocycles. The molecule has 11 heteroatoms. The highest BCUT2D eigenvalue weighted by Gasteiger charge is 2.34. The van der Waals surface area contributed by atoms with Crippen molar-refractivity contribution in [1.29, 1.82) is 0 Å². The van der Waals surface area contributed by atoms with Gasteiger partial charge in [0.05, 0.1) is 5.56 Å². The first kappa shape index (κ1) is 25.0. The van der Waals surface area contributed by atoms with Crippen LogP contribution in [-0.4, -0.2) is 18.2 Å². The summed E-state index contributed by atoms with van der Waals surface area (Å²) >= 11 is 0. The minimum atomic E-state index is -4.90. The number of halogens is 4. The first-order valence-corrected chi connectivity index (χ1v) is 11.1. The number of nitrogens with zero attached hydrogens (tertiary/aromatic N) is 1.